The zero-order chi connectivity index (χ0) is 14.5. The summed E-state index contributed by atoms with van der Waals surface area (Å²) >= 11 is 0. The van der Waals surface area contributed by atoms with Crippen LogP contribution in [0.5, 0.6) is 0 Å². The van der Waals surface area contributed by atoms with E-state index in [2.05, 4.69) is 26.9 Å². The molecule has 0 saturated carbocycles. The summed E-state index contributed by atoms with van der Waals surface area (Å²) in [5.41, 5.74) is 0. The number of aromatic nitrogens is 3. The maximum atomic E-state index is 4.84. The van der Waals surface area contributed by atoms with Gasteiger partial charge in [0.05, 0.1) is 6.20 Å². The first kappa shape index (κ1) is 14.5. The zero-order valence-electron chi connectivity index (χ0n) is 13.2. The highest BCUT2D eigenvalue weighted by molar-refractivity contribution is 5.43. The van der Waals surface area contributed by atoms with Crippen LogP contribution in [-0.2, 0) is 0 Å². The van der Waals surface area contributed by atoms with Crippen LogP contribution in [0.4, 0.5) is 11.8 Å². The Bertz CT molecular complexity index is 442. The van der Waals surface area contributed by atoms with Gasteiger partial charge in [0.25, 0.3) is 0 Å². The highest BCUT2D eigenvalue weighted by atomic mass is 15.4. The molecule has 5 heteroatoms. The Morgan fingerprint density at radius 1 is 1.05 bits per heavy atom. The summed E-state index contributed by atoms with van der Waals surface area (Å²) in [6.07, 6.45) is 12.1. The van der Waals surface area contributed by atoms with Gasteiger partial charge in [0.2, 0.25) is 5.95 Å². The second kappa shape index (κ2) is 7.05. The highest BCUT2D eigenvalue weighted by Gasteiger charge is 2.23. The van der Waals surface area contributed by atoms with E-state index in [1.807, 2.05) is 6.20 Å². The molecule has 0 radical (unpaired) electrons. The summed E-state index contributed by atoms with van der Waals surface area (Å²) in [5, 5.41) is 8.53. The topological polar surface area (TPSA) is 45.2 Å². The molecule has 0 N–H and O–H groups in total. The van der Waals surface area contributed by atoms with Gasteiger partial charge in [-0.3, -0.25) is 0 Å². The summed E-state index contributed by atoms with van der Waals surface area (Å²) in [6, 6.07) is 0.618. The molecule has 3 rings (SSSR count). The Labute approximate surface area is 127 Å². The van der Waals surface area contributed by atoms with Crippen LogP contribution < -0.4 is 9.80 Å². The van der Waals surface area contributed by atoms with Crippen LogP contribution in [0.1, 0.15) is 58.3 Å². The van der Waals surface area contributed by atoms with Gasteiger partial charge in [-0.15, -0.1) is 5.10 Å². The van der Waals surface area contributed by atoms with E-state index in [1.54, 1.807) is 0 Å². The van der Waals surface area contributed by atoms with Crippen molar-refractivity contribution in [2.24, 2.45) is 0 Å². The summed E-state index contributed by atoms with van der Waals surface area (Å²) < 4.78 is 0. The lowest BCUT2D eigenvalue weighted by molar-refractivity contribution is 0.446. The van der Waals surface area contributed by atoms with Crippen LogP contribution in [0.25, 0.3) is 0 Å². The Hall–Kier alpha value is -1.39. The van der Waals surface area contributed by atoms with Crippen LogP contribution in [0.2, 0.25) is 0 Å². The summed E-state index contributed by atoms with van der Waals surface area (Å²) in [5.74, 6) is 1.85. The van der Waals surface area contributed by atoms with E-state index in [4.69, 9.17) is 4.98 Å². The first-order valence-corrected chi connectivity index (χ1v) is 8.60. The lowest BCUT2D eigenvalue weighted by Crippen LogP contribution is -2.40. The Balaban J connectivity index is 1.78. The minimum Gasteiger partial charge on any atom is -0.352 e. The van der Waals surface area contributed by atoms with Gasteiger partial charge in [0, 0.05) is 25.7 Å². The van der Waals surface area contributed by atoms with Crippen LogP contribution >= 0.6 is 0 Å². The molecule has 0 aromatic carbocycles. The van der Waals surface area contributed by atoms with Gasteiger partial charge in [0.15, 0.2) is 5.82 Å². The maximum absolute atomic E-state index is 4.84. The van der Waals surface area contributed by atoms with Gasteiger partial charge in [-0.05, 0) is 38.5 Å². The van der Waals surface area contributed by atoms with Crippen molar-refractivity contribution in [3.05, 3.63) is 6.20 Å². The van der Waals surface area contributed by atoms with E-state index in [-0.39, 0.29) is 0 Å². The molecule has 0 aliphatic carbocycles. The lowest BCUT2D eigenvalue weighted by atomic mass is 10.0. The minimum absolute atomic E-state index is 0.618. The van der Waals surface area contributed by atoms with Gasteiger partial charge in [-0.1, -0.05) is 19.8 Å². The van der Waals surface area contributed by atoms with E-state index >= 15 is 0 Å². The number of hydrogen-bond donors (Lipinski definition) is 0. The van der Waals surface area contributed by atoms with Crippen LogP contribution in [-0.4, -0.2) is 40.9 Å². The third-order valence-corrected chi connectivity index (χ3v) is 4.82. The molecule has 2 fully saturated rings. The minimum atomic E-state index is 0.618. The molecule has 0 spiro atoms. The van der Waals surface area contributed by atoms with Gasteiger partial charge < -0.3 is 9.80 Å². The molecule has 21 heavy (non-hydrogen) atoms. The molecule has 2 aliphatic heterocycles. The number of hydrogen-bond acceptors (Lipinski definition) is 5. The Morgan fingerprint density at radius 3 is 2.57 bits per heavy atom. The predicted octanol–water partition coefficient (Wildman–Crippen LogP) is 3.02. The summed E-state index contributed by atoms with van der Waals surface area (Å²) in [4.78, 5) is 9.60. The third kappa shape index (κ3) is 3.44. The van der Waals surface area contributed by atoms with Crippen molar-refractivity contribution < 1.29 is 0 Å². The fourth-order valence-corrected chi connectivity index (χ4v) is 3.56. The second-order valence-electron chi connectivity index (χ2n) is 6.27. The van der Waals surface area contributed by atoms with E-state index in [1.165, 1.54) is 51.4 Å². The van der Waals surface area contributed by atoms with Crippen molar-refractivity contribution in [1.29, 1.82) is 0 Å². The number of nitrogens with zero attached hydrogens (tertiary/aromatic N) is 5. The standard InChI is InChI=1S/C16H27N5/c1-2-14-9-5-8-12-21(14)15-13-17-19-16(18-15)20-10-6-3-4-7-11-20/h13-14H,2-12H2,1H3. The average molecular weight is 289 g/mol. The monoisotopic (exact) mass is 289 g/mol. The molecule has 3 heterocycles. The fraction of sp³-hybridized carbons (Fsp3) is 0.812. The van der Waals surface area contributed by atoms with Crippen molar-refractivity contribution in [3.8, 4) is 0 Å². The van der Waals surface area contributed by atoms with Gasteiger partial charge in [-0.25, -0.2) is 0 Å². The quantitative estimate of drug-likeness (QED) is 0.856. The molecular weight excluding hydrogens is 262 g/mol. The van der Waals surface area contributed by atoms with E-state index in [0.29, 0.717) is 6.04 Å². The van der Waals surface area contributed by atoms with E-state index in [9.17, 15) is 0 Å². The highest BCUT2D eigenvalue weighted by Crippen LogP contribution is 2.25. The molecule has 1 atom stereocenters. The zero-order valence-corrected chi connectivity index (χ0v) is 13.2. The fourth-order valence-electron chi connectivity index (χ4n) is 3.56. The van der Waals surface area contributed by atoms with Gasteiger partial charge in [0.1, 0.15) is 0 Å². The van der Waals surface area contributed by atoms with Crippen molar-refractivity contribution in [3.63, 3.8) is 0 Å². The van der Waals surface area contributed by atoms with Crippen LogP contribution in [0.3, 0.4) is 0 Å². The van der Waals surface area contributed by atoms with Gasteiger partial charge >= 0.3 is 0 Å². The molecule has 2 saturated heterocycles. The first-order valence-electron chi connectivity index (χ1n) is 8.60. The van der Waals surface area contributed by atoms with Crippen molar-refractivity contribution in [1.82, 2.24) is 15.2 Å². The number of rotatable bonds is 3. The van der Waals surface area contributed by atoms with Crippen molar-refractivity contribution >= 4 is 11.8 Å². The molecule has 0 amide bonds. The molecule has 5 nitrogen and oxygen atoms in total. The normalized spacial score (nSPS) is 24.0. The smallest absolute Gasteiger partial charge is 0.247 e. The predicted molar refractivity (Wildman–Crippen MR) is 85.8 cm³/mol. The molecule has 1 aromatic heterocycles. The Morgan fingerprint density at radius 2 is 1.81 bits per heavy atom. The summed E-state index contributed by atoms with van der Waals surface area (Å²) in [6.45, 7) is 5.52. The first-order chi connectivity index (χ1) is 10.4. The molecule has 2 aliphatic rings. The maximum Gasteiger partial charge on any atom is 0.247 e. The van der Waals surface area contributed by atoms with Gasteiger partial charge in [-0.2, -0.15) is 10.1 Å². The third-order valence-electron chi connectivity index (χ3n) is 4.82. The largest absolute Gasteiger partial charge is 0.352 e. The average Bonchev–Trinajstić information content (AvgIpc) is 2.84. The molecule has 1 aromatic rings. The molecule has 0 bridgehead atoms. The van der Waals surface area contributed by atoms with Crippen molar-refractivity contribution in [2.45, 2.75) is 64.3 Å². The van der Waals surface area contributed by atoms with Crippen LogP contribution in [0.15, 0.2) is 6.20 Å². The van der Waals surface area contributed by atoms with Crippen LogP contribution in [0, 0.1) is 0 Å². The SMILES string of the molecule is CCC1CCCCN1c1cnnc(N2CCCCCC2)n1. The number of piperidine rings is 1. The lowest BCUT2D eigenvalue weighted by Gasteiger charge is -2.36. The van der Waals surface area contributed by atoms with E-state index < -0.39 is 0 Å². The molecule has 116 valence electrons. The van der Waals surface area contributed by atoms with E-state index in [0.717, 1.165) is 31.4 Å². The number of anilines is 2. The summed E-state index contributed by atoms with van der Waals surface area (Å²) in [7, 11) is 0. The van der Waals surface area contributed by atoms with Crippen molar-refractivity contribution in [2.75, 3.05) is 29.4 Å². The molecule has 1 unspecified atom stereocenters. The molecular formula is C16H27N5. The second-order valence-corrected chi connectivity index (χ2v) is 6.27. The Kier molecular flexibility index (Phi) is 4.88.